The van der Waals surface area contributed by atoms with Crippen LogP contribution in [0.25, 0.3) is 0 Å². The van der Waals surface area contributed by atoms with E-state index in [1.165, 1.54) is 25.7 Å². The molecule has 1 heteroatoms. The van der Waals surface area contributed by atoms with Crippen molar-refractivity contribution in [1.82, 2.24) is 5.32 Å². The predicted octanol–water partition coefficient (Wildman–Crippen LogP) is 2.48. The first-order valence-electron chi connectivity index (χ1n) is 4.70. The molecule has 0 bridgehead atoms. The van der Waals surface area contributed by atoms with Gasteiger partial charge in [-0.25, -0.2) is 0 Å². The molecule has 0 radical (unpaired) electrons. The van der Waals surface area contributed by atoms with Crippen molar-refractivity contribution in [3.05, 3.63) is 11.6 Å². The summed E-state index contributed by atoms with van der Waals surface area (Å²) in [5.41, 5.74) is 1.62. The van der Waals surface area contributed by atoms with E-state index in [1.54, 1.807) is 5.57 Å². The number of allylic oxidation sites excluding steroid dienone is 1. The van der Waals surface area contributed by atoms with E-state index in [4.69, 9.17) is 0 Å². The minimum Gasteiger partial charge on any atom is -0.311 e. The molecule has 0 heterocycles. The average Bonchev–Trinajstić information content (AvgIpc) is 2.03. The first kappa shape index (κ1) is 8.79. The Balaban J connectivity index is 2.19. The molecule has 1 aliphatic rings. The molecule has 0 aromatic carbocycles. The van der Waals surface area contributed by atoms with Crippen LogP contribution in [-0.4, -0.2) is 12.6 Å². The zero-order chi connectivity index (χ0) is 8.10. The van der Waals surface area contributed by atoms with E-state index in [0.29, 0.717) is 6.04 Å². The Morgan fingerprint density at radius 3 is 2.82 bits per heavy atom. The molecule has 0 aromatic rings. The molecule has 0 amide bonds. The molecule has 1 nitrogen and oxygen atoms in total. The molecule has 64 valence electrons. The smallest absolute Gasteiger partial charge is 0.0166 e. The van der Waals surface area contributed by atoms with Crippen LogP contribution in [0.3, 0.4) is 0 Å². The molecule has 0 unspecified atom stereocenters. The Labute approximate surface area is 69.9 Å². The lowest BCUT2D eigenvalue weighted by atomic mass is 9.99. The number of hydrogen-bond donors (Lipinski definition) is 1. The summed E-state index contributed by atoms with van der Waals surface area (Å²) in [4.78, 5) is 0. The van der Waals surface area contributed by atoms with Crippen LogP contribution in [0.1, 0.15) is 39.5 Å². The third-order valence-electron chi connectivity index (χ3n) is 2.12. The fourth-order valence-corrected chi connectivity index (χ4v) is 1.40. The Morgan fingerprint density at radius 2 is 2.27 bits per heavy atom. The minimum atomic E-state index is 0.623. The summed E-state index contributed by atoms with van der Waals surface area (Å²) < 4.78 is 0. The van der Waals surface area contributed by atoms with Gasteiger partial charge in [0.15, 0.2) is 0 Å². The molecule has 0 atom stereocenters. The lowest BCUT2D eigenvalue weighted by Crippen LogP contribution is -2.25. The van der Waals surface area contributed by atoms with Crippen LogP contribution in [0.5, 0.6) is 0 Å². The topological polar surface area (TPSA) is 12.0 Å². The van der Waals surface area contributed by atoms with Gasteiger partial charge in [-0.05, 0) is 25.7 Å². The van der Waals surface area contributed by atoms with Crippen molar-refractivity contribution in [2.75, 3.05) is 6.54 Å². The molecule has 0 aliphatic heterocycles. The van der Waals surface area contributed by atoms with Crippen LogP contribution < -0.4 is 5.32 Å². The summed E-state index contributed by atoms with van der Waals surface area (Å²) in [6.07, 6.45) is 7.81. The first-order chi connectivity index (χ1) is 5.29. The quantitative estimate of drug-likeness (QED) is 0.614. The maximum Gasteiger partial charge on any atom is 0.0166 e. The molecular formula is C10H19N. The minimum absolute atomic E-state index is 0.623. The molecule has 1 aliphatic carbocycles. The SMILES string of the molecule is CC(C)NCC1=CCCCC1. The van der Waals surface area contributed by atoms with Crippen molar-refractivity contribution in [3.8, 4) is 0 Å². The highest BCUT2D eigenvalue weighted by atomic mass is 14.9. The number of nitrogens with one attached hydrogen (secondary N) is 1. The van der Waals surface area contributed by atoms with Crippen molar-refractivity contribution < 1.29 is 0 Å². The number of rotatable bonds is 3. The fourth-order valence-electron chi connectivity index (χ4n) is 1.40. The van der Waals surface area contributed by atoms with Crippen LogP contribution in [0.4, 0.5) is 0 Å². The van der Waals surface area contributed by atoms with Gasteiger partial charge in [-0.3, -0.25) is 0 Å². The van der Waals surface area contributed by atoms with E-state index >= 15 is 0 Å². The second kappa shape index (κ2) is 4.55. The van der Waals surface area contributed by atoms with E-state index < -0.39 is 0 Å². The van der Waals surface area contributed by atoms with E-state index in [1.807, 2.05) is 0 Å². The molecule has 1 rings (SSSR count). The van der Waals surface area contributed by atoms with Crippen molar-refractivity contribution in [2.45, 2.75) is 45.6 Å². The van der Waals surface area contributed by atoms with E-state index in [0.717, 1.165) is 6.54 Å². The third kappa shape index (κ3) is 3.57. The van der Waals surface area contributed by atoms with Crippen molar-refractivity contribution >= 4 is 0 Å². The maximum atomic E-state index is 3.45. The van der Waals surface area contributed by atoms with E-state index in [9.17, 15) is 0 Å². The van der Waals surface area contributed by atoms with Crippen LogP contribution in [-0.2, 0) is 0 Å². The Morgan fingerprint density at radius 1 is 1.45 bits per heavy atom. The number of hydrogen-bond acceptors (Lipinski definition) is 1. The highest BCUT2D eigenvalue weighted by Gasteiger charge is 2.02. The normalized spacial score (nSPS) is 18.6. The zero-order valence-electron chi connectivity index (χ0n) is 7.69. The summed E-state index contributed by atoms with van der Waals surface area (Å²) >= 11 is 0. The van der Waals surface area contributed by atoms with Crippen molar-refractivity contribution in [3.63, 3.8) is 0 Å². The second-order valence-electron chi connectivity index (χ2n) is 3.64. The van der Waals surface area contributed by atoms with Gasteiger partial charge in [-0.2, -0.15) is 0 Å². The van der Waals surface area contributed by atoms with E-state index in [2.05, 4.69) is 25.2 Å². The summed E-state index contributed by atoms with van der Waals surface area (Å²) in [6.45, 7) is 5.50. The van der Waals surface area contributed by atoms with Gasteiger partial charge >= 0.3 is 0 Å². The van der Waals surface area contributed by atoms with Gasteiger partial charge in [-0.15, -0.1) is 0 Å². The highest BCUT2D eigenvalue weighted by molar-refractivity contribution is 5.06. The van der Waals surface area contributed by atoms with Gasteiger partial charge in [0.25, 0.3) is 0 Å². The Hall–Kier alpha value is -0.300. The highest BCUT2D eigenvalue weighted by Crippen LogP contribution is 2.16. The summed E-state index contributed by atoms with van der Waals surface area (Å²) in [6, 6.07) is 0.623. The monoisotopic (exact) mass is 153 g/mol. The average molecular weight is 153 g/mol. The van der Waals surface area contributed by atoms with Gasteiger partial charge < -0.3 is 5.32 Å². The fraction of sp³-hybridized carbons (Fsp3) is 0.800. The molecule has 0 fully saturated rings. The van der Waals surface area contributed by atoms with Crippen molar-refractivity contribution in [1.29, 1.82) is 0 Å². The Bertz CT molecular complexity index is 136. The molecule has 1 N–H and O–H groups in total. The van der Waals surface area contributed by atoms with Gasteiger partial charge in [-0.1, -0.05) is 25.5 Å². The molecular weight excluding hydrogens is 134 g/mol. The van der Waals surface area contributed by atoms with Gasteiger partial charge in [0.1, 0.15) is 0 Å². The first-order valence-corrected chi connectivity index (χ1v) is 4.70. The second-order valence-corrected chi connectivity index (χ2v) is 3.64. The van der Waals surface area contributed by atoms with Crippen molar-refractivity contribution in [2.24, 2.45) is 0 Å². The molecule has 0 saturated heterocycles. The maximum absolute atomic E-state index is 3.45. The Kier molecular flexibility index (Phi) is 3.64. The summed E-state index contributed by atoms with van der Waals surface area (Å²) in [5, 5.41) is 3.45. The molecule has 0 spiro atoms. The third-order valence-corrected chi connectivity index (χ3v) is 2.12. The lowest BCUT2D eigenvalue weighted by Gasteiger charge is -2.14. The molecule has 0 aromatic heterocycles. The molecule has 0 saturated carbocycles. The van der Waals surface area contributed by atoms with Gasteiger partial charge in [0.2, 0.25) is 0 Å². The molecule has 11 heavy (non-hydrogen) atoms. The summed E-state index contributed by atoms with van der Waals surface area (Å²) in [7, 11) is 0. The van der Waals surface area contributed by atoms with Gasteiger partial charge in [0.05, 0.1) is 0 Å². The van der Waals surface area contributed by atoms with Crippen LogP contribution in [0.2, 0.25) is 0 Å². The van der Waals surface area contributed by atoms with Crippen LogP contribution >= 0.6 is 0 Å². The van der Waals surface area contributed by atoms with E-state index in [-0.39, 0.29) is 0 Å². The van der Waals surface area contributed by atoms with Crippen LogP contribution in [0, 0.1) is 0 Å². The van der Waals surface area contributed by atoms with Gasteiger partial charge in [0, 0.05) is 12.6 Å². The predicted molar refractivity (Wildman–Crippen MR) is 49.7 cm³/mol. The lowest BCUT2D eigenvalue weighted by molar-refractivity contribution is 0.591. The zero-order valence-corrected chi connectivity index (χ0v) is 7.69. The summed E-state index contributed by atoms with van der Waals surface area (Å²) in [5.74, 6) is 0. The van der Waals surface area contributed by atoms with Crippen LogP contribution in [0.15, 0.2) is 11.6 Å². The standard InChI is InChI=1S/C10H19N/c1-9(2)11-8-10-6-4-3-5-7-10/h6,9,11H,3-5,7-8H2,1-2H3. The largest absolute Gasteiger partial charge is 0.311 e.